The van der Waals surface area contributed by atoms with Crippen molar-refractivity contribution < 1.29 is 0 Å². The van der Waals surface area contributed by atoms with Gasteiger partial charge in [0.15, 0.2) is 5.65 Å². The van der Waals surface area contributed by atoms with Crippen molar-refractivity contribution in [2.75, 3.05) is 0 Å². The SMILES string of the molecule is Cc1nc(Cn2ncc3c4sc(Cc5ccn[nH]5)nc4n(C)c3c2=O)cs1. The van der Waals surface area contributed by atoms with Gasteiger partial charge in [0, 0.05) is 36.1 Å². The van der Waals surface area contributed by atoms with Crippen molar-refractivity contribution in [1.82, 2.24) is 34.5 Å². The van der Waals surface area contributed by atoms with Crippen molar-refractivity contribution in [2.45, 2.75) is 19.9 Å². The van der Waals surface area contributed by atoms with Gasteiger partial charge in [0.1, 0.15) is 10.5 Å². The number of nitrogens with zero attached hydrogens (tertiary/aromatic N) is 6. The summed E-state index contributed by atoms with van der Waals surface area (Å²) in [5.74, 6) is 0. The second-order valence-electron chi connectivity index (χ2n) is 6.31. The Morgan fingerprint density at radius 1 is 1.30 bits per heavy atom. The fourth-order valence-electron chi connectivity index (χ4n) is 3.20. The molecule has 5 heterocycles. The molecule has 27 heavy (non-hydrogen) atoms. The average Bonchev–Trinajstić information content (AvgIpc) is 3.40. The minimum Gasteiger partial charge on any atom is -0.323 e. The van der Waals surface area contributed by atoms with Crippen molar-refractivity contribution in [3.63, 3.8) is 0 Å². The first-order valence-electron chi connectivity index (χ1n) is 8.33. The lowest BCUT2D eigenvalue weighted by atomic mass is 10.3. The lowest BCUT2D eigenvalue weighted by molar-refractivity contribution is 0.634. The molecule has 0 aliphatic rings. The number of nitrogens with one attached hydrogen (secondary N) is 1. The maximum atomic E-state index is 13.0. The maximum absolute atomic E-state index is 13.0. The van der Waals surface area contributed by atoms with Gasteiger partial charge in [0.05, 0.1) is 28.1 Å². The first-order chi connectivity index (χ1) is 13.1. The van der Waals surface area contributed by atoms with Crippen LogP contribution >= 0.6 is 22.7 Å². The second-order valence-corrected chi connectivity index (χ2v) is 8.45. The molecule has 0 aromatic carbocycles. The van der Waals surface area contributed by atoms with Crippen molar-refractivity contribution >= 4 is 43.9 Å². The molecular weight excluding hydrogens is 382 g/mol. The van der Waals surface area contributed by atoms with Crippen LogP contribution in [0.1, 0.15) is 21.4 Å². The third-order valence-corrected chi connectivity index (χ3v) is 6.35. The topological polar surface area (TPSA) is 94.3 Å². The maximum Gasteiger partial charge on any atom is 0.291 e. The first kappa shape index (κ1) is 16.3. The highest BCUT2D eigenvalue weighted by atomic mass is 32.1. The Hall–Kier alpha value is -2.85. The van der Waals surface area contributed by atoms with Crippen LogP contribution in [0, 0.1) is 6.92 Å². The molecular formula is C17H15N7OS2. The summed E-state index contributed by atoms with van der Waals surface area (Å²) >= 11 is 3.16. The standard InChI is InChI=1S/C17H15N7OS2/c1-9-20-11(8-26-9)7-24-17(25)14-12(6-19-24)15-16(23(14)2)21-13(27-15)5-10-3-4-18-22-10/h3-4,6,8H,5,7H2,1-2H3,(H,18,22). The Labute approximate surface area is 161 Å². The molecule has 0 atom stereocenters. The zero-order valence-corrected chi connectivity index (χ0v) is 16.3. The second kappa shape index (κ2) is 6.10. The molecule has 0 radical (unpaired) electrons. The molecule has 136 valence electrons. The lowest BCUT2D eigenvalue weighted by Crippen LogP contribution is -2.24. The van der Waals surface area contributed by atoms with E-state index < -0.39 is 0 Å². The third-order valence-electron chi connectivity index (χ3n) is 4.45. The largest absolute Gasteiger partial charge is 0.323 e. The molecule has 0 bridgehead atoms. The smallest absolute Gasteiger partial charge is 0.291 e. The summed E-state index contributed by atoms with van der Waals surface area (Å²) in [6, 6.07) is 1.94. The molecule has 0 saturated carbocycles. The predicted octanol–water partition coefficient (Wildman–Crippen LogP) is 2.47. The van der Waals surface area contributed by atoms with Crippen LogP contribution in [-0.2, 0) is 20.0 Å². The number of thiazole rings is 2. The van der Waals surface area contributed by atoms with E-state index in [1.54, 1.807) is 35.1 Å². The Morgan fingerprint density at radius 2 is 2.19 bits per heavy atom. The van der Waals surface area contributed by atoms with Crippen LogP contribution in [0.2, 0.25) is 0 Å². The Bertz CT molecular complexity index is 1320. The molecule has 0 aliphatic heterocycles. The van der Waals surface area contributed by atoms with Gasteiger partial charge in [-0.05, 0) is 13.0 Å². The van der Waals surface area contributed by atoms with Gasteiger partial charge in [-0.15, -0.1) is 22.7 Å². The minimum atomic E-state index is -0.124. The van der Waals surface area contributed by atoms with Crippen molar-refractivity contribution in [3.8, 4) is 0 Å². The van der Waals surface area contributed by atoms with Gasteiger partial charge >= 0.3 is 0 Å². The van der Waals surface area contributed by atoms with Gasteiger partial charge in [-0.3, -0.25) is 9.89 Å². The van der Waals surface area contributed by atoms with E-state index in [1.165, 1.54) is 4.68 Å². The van der Waals surface area contributed by atoms with E-state index in [-0.39, 0.29) is 5.56 Å². The number of hydrogen-bond donors (Lipinski definition) is 1. The number of hydrogen-bond acceptors (Lipinski definition) is 7. The highest BCUT2D eigenvalue weighted by molar-refractivity contribution is 7.19. The van der Waals surface area contributed by atoms with Crippen molar-refractivity contribution in [2.24, 2.45) is 7.05 Å². The fourth-order valence-corrected chi connectivity index (χ4v) is 4.93. The van der Waals surface area contributed by atoms with E-state index in [9.17, 15) is 4.79 Å². The molecule has 5 aromatic rings. The van der Waals surface area contributed by atoms with E-state index in [4.69, 9.17) is 4.98 Å². The van der Waals surface area contributed by atoms with Gasteiger partial charge in [-0.2, -0.15) is 10.2 Å². The van der Waals surface area contributed by atoms with Gasteiger partial charge in [0.2, 0.25) is 0 Å². The molecule has 0 fully saturated rings. The van der Waals surface area contributed by atoms with E-state index in [2.05, 4.69) is 20.3 Å². The van der Waals surface area contributed by atoms with E-state index in [0.717, 1.165) is 37.1 Å². The number of rotatable bonds is 4. The van der Waals surface area contributed by atoms with Crippen LogP contribution in [0.5, 0.6) is 0 Å². The minimum absolute atomic E-state index is 0.124. The summed E-state index contributed by atoms with van der Waals surface area (Å²) in [5, 5.41) is 16.1. The summed E-state index contributed by atoms with van der Waals surface area (Å²) < 4.78 is 4.32. The van der Waals surface area contributed by atoms with Crippen LogP contribution in [-0.4, -0.2) is 34.5 Å². The van der Waals surface area contributed by atoms with Gasteiger partial charge in [-0.25, -0.2) is 14.6 Å². The molecule has 0 spiro atoms. The summed E-state index contributed by atoms with van der Waals surface area (Å²) in [6.45, 7) is 2.32. The molecule has 5 rings (SSSR count). The van der Waals surface area contributed by atoms with Crippen LogP contribution in [0.25, 0.3) is 21.3 Å². The van der Waals surface area contributed by atoms with E-state index in [0.29, 0.717) is 18.5 Å². The summed E-state index contributed by atoms with van der Waals surface area (Å²) in [4.78, 5) is 22.1. The van der Waals surface area contributed by atoms with Gasteiger partial charge < -0.3 is 4.57 Å². The van der Waals surface area contributed by atoms with Crippen molar-refractivity contribution in [1.29, 1.82) is 0 Å². The monoisotopic (exact) mass is 397 g/mol. The Kier molecular flexibility index (Phi) is 3.69. The van der Waals surface area contributed by atoms with Crippen molar-refractivity contribution in [3.05, 3.63) is 55.6 Å². The number of fused-ring (bicyclic) bond motifs is 3. The highest BCUT2D eigenvalue weighted by Gasteiger charge is 2.18. The number of aryl methyl sites for hydroxylation is 2. The van der Waals surface area contributed by atoms with Crippen LogP contribution in [0.15, 0.2) is 28.6 Å². The van der Waals surface area contributed by atoms with Crippen LogP contribution < -0.4 is 5.56 Å². The predicted molar refractivity (Wildman–Crippen MR) is 105 cm³/mol. The third kappa shape index (κ3) is 2.68. The zero-order valence-electron chi connectivity index (χ0n) is 14.6. The normalized spacial score (nSPS) is 11.8. The summed E-state index contributed by atoms with van der Waals surface area (Å²) in [5.41, 5.74) is 3.17. The average molecular weight is 397 g/mol. The van der Waals surface area contributed by atoms with Crippen LogP contribution in [0.4, 0.5) is 0 Å². The summed E-state index contributed by atoms with van der Waals surface area (Å²) in [6.07, 6.45) is 4.18. The first-order valence-corrected chi connectivity index (χ1v) is 10.0. The molecule has 0 amide bonds. The van der Waals surface area contributed by atoms with E-state index >= 15 is 0 Å². The number of H-pyrrole nitrogens is 1. The number of aromatic nitrogens is 7. The lowest BCUT2D eigenvalue weighted by Gasteiger charge is -2.03. The molecule has 8 nitrogen and oxygen atoms in total. The van der Waals surface area contributed by atoms with Gasteiger partial charge in [0.25, 0.3) is 5.56 Å². The van der Waals surface area contributed by atoms with Crippen LogP contribution in [0.3, 0.4) is 0 Å². The molecule has 1 N–H and O–H groups in total. The molecule has 5 aromatic heterocycles. The molecule has 0 unspecified atom stereocenters. The van der Waals surface area contributed by atoms with Gasteiger partial charge in [-0.1, -0.05) is 0 Å². The van der Waals surface area contributed by atoms with E-state index in [1.807, 2.05) is 30.0 Å². The summed E-state index contributed by atoms with van der Waals surface area (Å²) in [7, 11) is 1.88. The number of aromatic amines is 1. The molecule has 10 heteroatoms. The Morgan fingerprint density at radius 3 is 2.93 bits per heavy atom. The Balaban J connectivity index is 1.60. The zero-order chi connectivity index (χ0) is 18.5. The molecule has 0 aliphatic carbocycles. The highest BCUT2D eigenvalue weighted by Crippen LogP contribution is 2.31. The molecule has 0 saturated heterocycles. The quantitative estimate of drug-likeness (QED) is 0.503. The fraction of sp³-hybridized carbons (Fsp3) is 0.235.